The number of aromatic nitrogens is 3. The third kappa shape index (κ3) is 4.64. The number of imidazole rings is 1. The van der Waals surface area contributed by atoms with E-state index in [0.717, 1.165) is 24.9 Å². The summed E-state index contributed by atoms with van der Waals surface area (Å²) in [6, 6.07) is 10.9. The Kier molecular flexibility index (Phi) is 6.26. The van der Waals surface area contributed by atoms with Gasteiger partial charge < -0.3 is 15.2 Å². The highest BCUT2D eigenvalue weighted by atomic mass is 35.5. The molecular weight excluding hydrogens is 460 g/mol. The highest BCUT2D eigenvalue weighted by molar-refractivity contribution is 6.33. The van der Waals surface area contributed by atoms with Crippen molar-refractivity contribution in [3.63, 3.8) is 0 Å². The molecule has 34 heavy (non-hydrogen) atoms. The van der Waals surface area contributed by atoms with Gasteiger partial charge >= 0.3 is 0 Å². The summed E-state index contributed by atoms with van der Waals surface area (Å²) in [5.41, 5.74) is 2.57. The number of fused-ring (bicyclic) bond motifs is 1. The molecule has 1 atom stereocenters. The molecule has 0 saturated carbocycles. The van der Waals surface area contributed by atoms with Gasteiger partial charge in [-0.15, -0.1) is 0 Å². The van der Waals surface area contributed by atoms with Crippen LogP contribution in [0.3, 0.4) is 0 Å². The Bertz CT molecular complexity index is 1370. The quantitative estimate of drug-likeness (QED) is 0.420. The number of hydrogen-bond donors (Lipinski definition) is 2. The molecule has 0 aliphatic carbocycles. The van der Waals surface area contributed by atoms with E-state index < -0.39 is 5.82 Å². The Balaban J connectivity index is 1.47. The number of carbonyl (C=O) groups is 1. The number of nitrogens with one attached hydrogen (secondary N) is 2. The lowest BCUT2D eigenvalue weighted by molar-refractivity contribution is -0.120. The minimum absolute atomic E-state index is 0.128. The lowest BCUT2D eigenvalue weighted by Gasteiger charge is -2.21. The van der Waals surface area contributed by atoms with Crippen LogP contribution >= 0.6 is 11.6 Å². The molecule has 1 aliphatic rings. The van der Waals surface area contributed by atoms with Crippen molar-refractivity contribution >= 4 is 34.4 Å². The fourth-order valence-corrected chi connectivity index (χ4v) is 4.47. The SMILES string of the molecule is O=C(Nc1cc(-c2cc3c(cc2F)ncn3Cc2cccc(F)c2)c(Cl)cn1)C1CCCNC1. The molecule has 5 rings (SSSR count). The second-order valence-corrected chi connectivity index (χ2v) is 8.81. The number of halogens is 3. The molecule has 3 heterocycles. The van der Waals surface area contributed by atoms with Crippen LogP contribution in [0.15, 0.2) is 55.0 Å². The average Bonchev–Trinajstić information content (AvgIpc) is 3.21. The molecule has 9 heteroatoms. The molecule has 1 fully saturated rings. The monoisotopic (exact) mass is 481 g/mol. The molecule has 0 bridgehead atoms. The van der Waals surface area contributed by atoms with Crippen molar-refractivity contribution in [1.29, 1.82) is 0 Å². The Morgan fingerprint density at radius 1 is 1.18 bits per heavy atom. The third-order valence-corrected chi connectivity index (χ3v) is 6.32. The second kappa shape index (κ2) is 9.48. The van der Waals surface area contributed by atoms with Gasteiger partial charge in [0.1, 0.15) is 17.5 Å². The first-order chi connectivity index (χ1) is 16.5. The summed E-state index contributed by atoms with van der Waals surface area (Å²) in [6.45, 7) is 1.90. The number of benzene rings is 2. The molecule has 0 radical (unpaired) electrons. The lowest BCUT2D eigenvalue weighted by Crippen LogP contribution is -2.37. The highest BCUT2D eigenvalue weighted by Gasteiger charge is 2.22. The minimum atomic E-state index is -0.495. The van der Waals surface area contributed by atoms with E-state index in [-0.39, 0.29) is 28.2 Å². The average molecular weight is 482 g/mol. The molecule has 1 amide bonds. The number of piperidine rings is 1. The van der Waals surface area contributed by atoms with Crippen LogP contribution in [0, 0.1) is 17.6 Å². The summed E-state index contributed by atoms with van der Waals surface area (Å²) in [7, 11) is 0. The Labute approximate surface area is 200 Å². The number of anilines is 1. The molecule has 6 nitrogen and oxygen atoms in total. The van der Waals surface area contributed by atoms with Gasteiger partial charge in [0.05, 0.1) is 28.3 Å². The fourth-order valence-electron chi connectivity index (χ4n) is 4.26. The van der Waals surface area contributed by atoms with Crippen LogP contribution in [0.4, 0.5) is 14.6 Å². The number of carbonyl (C=O) groups excluding carboxylic acids is 1. The van der Waals surface area contributed by atoms with E-state index in [1.54, 1.807) is 24.5 Å². The van der Waals surface area contributed by atoms with E-state index >= 15 is 4.39 Å². The fraction of sp³-hybridized carbons (Fsp3) is 0.240. The summed E-state index contributed by atoms with van der Waals surface area (Å²) in [6.07, 6.45) is 4.74. The van der Waals surface area contributed by atoms with Crippen molar-refractivity contribution in [2.45, 2.75) is 19.4 Å². The number of hydrogen-bond acceptors (Lipinski definition) is 4. The van der Waals surface area contributed by atoms with Gasteiger partial charge in [-0.2, -0.15) is 0 Å². The van der Waals surface area contributed by atoms with Crippen LogP contribution in [-0.2, 0) is 11.3 Å². The van der Waals surface area contributed by atoms with Crippen molar-refractivity contribution < 1.29 is 13.6 Å². The summed E-state index contributed by atoms with van der Waals surface area (Å²) in [5.74, 6) is -0.777. The van der Waals surface area contributed by atoms with Gasteiger partial charge in [0.2, 0.25) is 5.91 Å². The first-order valence-corrected chi connectivity index (χ1v) is 11.4. The number of rotatable bonds is 5. The van der Waals surface area contributed by atoms with Crippen molar-refractivity contribution in [2.75, 3.05) is 18.4 Å². The van der Waals surface area contributed by atoms with Crippen LogP contribution in [0.25, 0.3) is 22.2 Å². The molecule has 174 valence electrons. The van der Waals surface area contributed by atoms with E-state index in [2.05, 4.69) is 20.6 Å². The zero-order valence-electron chi connectivity index (χ0n) is 18.2. The minimum Gasteiger partial charge on any atom is -0.326 e. The van der Waals surface area contributed by atoms with E-state index in [1.807, 2.05) is 10.6 Å². The standard InChI is InChI=1S/C25H22ClF2N5O/c26-20-12-30-24(32-25(34)16-4-2-6-29-11-16)9-18(20)19-8-23-22(10-21(19)28)31-14-33(23)13-15-3-1-5-17(27)7-15/h1,3,5,7-10,12,14,16,29H,2,4,6,11,13H2,(H,30,32,34). The topological polar surface area (TPSA) is 71.8 Å². The van der Waals surface area contributed by atoms with E-state index in [0.29, 0.717) is 35.5 Å². The van der Waals surface area contributed by atoms with Gasteiger partial charge in [0.15, 0.2) is 0 Å². The van der Waals surface area contributed by atoms with Crippen LogP contribution in [-0.4, -0.2) is 33.5 Å². The summed E-state index contributed by atoms with van der Waals surface area (Å²) in [4.78, 5) is 21.1. The molecule has 2 aromatic heterocycles. The number of pyridine rings is 1. The Morgan fingerprint density at radius 3 is 2.85 bits per heavy atom. The molecule has 2 aromatic carbocycles. The van der Waals surface area contributed by atoms with E-state index in [1.165, 1.54) is 24.4 Å². The van der Waals surface area contributed by atoms with E-state index in [9.17, 15) is 9.18 Å². The van der Waals surface area contributed by atoms with Gasteiger partial charge in [0.25, 0.3) is 0 Å². The predicted molar refractivity (Wildman–Crippen MR) is 128 cm³/mol. The maximum atomic E-state index is 15.1. The molecule has 0 spiro atoms. The maximum Gasteiger partial charge on any atom is 0.229 e. The zero-order valence-corrected chi connectivity index (χ0v) is 18.9. The molecule has 1 aliphatic heterocycles. The van der Waals surface area contributed by atoms with Gasteiger partial charge in [0, 0.05) is 36.5 Å². The first-order valence-electron chi connectivity index (χ1n) is 11.0. The molecule has 2 N–H and O–H groups in total. The maximum absolute atomic E-state index is 15.1. The molecule has 4 aromatic rings. The van der Waals surface area contributed by atoms with Gasteiger partial charge in [-0.3, -0.25) is 4.79 Å². The van der Waals surface area contributed by atoms with Crippen molar-refractivity contribution in [1.82, 2.24) is 19.9 Å². The summed E-state index contributed by atoms with van der Waals surface area (Å²) in [5, 5.41) is 6.30. The molecule has 1 saturated heterocycles. The van der Waals surface area contributed by atoms with Crippen LogP contribution in [0.2, 0.25) is 5.02 Å². The van der Waals surface area contributed by atoms with Crippen LogP contribution < -0.4 is 10.6 Å². The zero-order chi connectivity index (χ0) is 23.7. The van der Waals surface area contributed by atoms with Crippen molar-refractivity contribution in [3.8, 4) is 11.1 Å². The van der Waals surface area contributed by atoms with Crippen LogP contribution in [0.1, 0.15) is 18.4 Å². The van der Waals surface area contributed by atoms with Crippen LogP contribution in [0.5, 0.6) is 0 Å². The van der Waals surface area contributed by atoms with Crippen molar-refractivity contribution in [3.05, 3.63) is 77.2 Å². The molecular formula is C25H22ClF2N5O. The van der Waals surface area contributed by atoms with Gasteiger partial charge in [-0.1, -0.05) is 23.7 Å². The number of nitrogens with zero attached hydrogens (tertiary/aromatic N) is 3. The van der Waals surface area contributed by atoms with Gasteiger partial charge in [-0.25, -0.2) is 18.7 Å². The third-order valence-electron chi connectivity index (χ3n) is 6.02. The molecule has 1 unspecified atom stereocenters. The lowest BCUT2D eigenvalue weighted by atomic mass is 9.99. The normalized spacial score (nSPS) is 16.0. The summed E-state index contributed by atoms with van der Waals surface area (Å²) >= 11 is 6.38. The predicted octanol–water partition coefficient (Wildman–Crippen LogP) is 5.02. The first kappa shape index (κ1) is 22.4. The highest BCUT2D eigenvalue weighted by Crippen LogP contribution is 2.34. The largest absolute Gasteiger partial charge is 0.326 e. The van der Waals surface area contributed by atoms with E-state index in [4.69, 9.17) is 11.6 Å². The second-order valence-electron chi connectivity index (χ2n) is 8.41. The number of amides is 1. The Hall–Kier alpha value is -3.36. The Morgan fingerprint density at radius 2 is 2.06 bits per heavy atom. The van der Waals surface area contributed by atoms with Gasteiger partial charge in [-0.05, 0) is 49.2 Å². The smallest absolute Gasteiger partial charge is 0.229 e. The van der Waals surface area contributed by atoms with Crippen molar-refractivity contribution in [2.24, 2.45) is 5.92 Å². The summed E-state index contributed by atoms with van der Waals surface area (Å²) < 4.78 is 30.5.